The number of nitrogens with one attached hydrogen (secondary N) is 1. The maximum atomic E-state index is 13.3. The van der Waals surface area contributed by atoms with Crippen LogP contribution < -0.4 is 5.32 Å². The maximum Gasteiger partial charge on any atom is 0.322 e. The Bertz CT molecular complexity index is 941. The number of amides is 2. The first kappa shape index (κ1) is 26.6. The van der Waals surface area contributed by atoms with E-state index in [2.05, 4.69) is 59.0 Å². The molecule has 1 aromatic carbocycles. The van der Waals surface area contributed by atoms with Crippen molar-refractivity contribution in [2.75, 3.05) is 0 Å². The van der Waals surface area contributed by atoms with E-state index in [1.807, 2.05) is 17.2 Å². The fraction of sp³-hybridized carbons (Fsp3) is 0.643. The summed E-state index contributed by atoms with van der Waals surface area (Å²) < 4.78 is 0. The average molecular weight is 489 g/mol. The summed E-state index contributed by atoms with van der Waals surface area (Å²) in [6.07, 6.45) is 7.60. The Labute approximate surface area is 209 Å². The van der Waals surface area contributed by atoms with Crippen molar-refractivity contribution in [1.29, 1.82) is 0 Å². The van der Waals surface area contributed by atoms with Gasteiger partial charge in [-0.1, -0.05) is 58.4 Å². The van der Waals surface area contributed by atoms with Gasteiger partial charge in [0, 0.05) is 23.7 Å². The number of urea groups is 1. The summed E-state index contributed by atoms with van der Waals surface area (Å²) in [5, 5.41) is 13.1. The lowest BCUT2D eigenvalue weighted by Gasteiger charge is -2.45. The van der Waals surface area contributed by atoms with Crippen molar-refractivity contribution >= 4 is 23.6 Å². The zero-order valence-corrected chi connectivity index (χ0v) is 22.3. The van der Waals surface area contributed by atoms with E-state index in [0.717, 1.165) is 60.2 Å². The molecular weight excluding hydrogens is 448 g/mol. The molecule has 1 aliphatic carbocycles. The molecule has 1 atom stereocenters. The van der Waals surface area contributed by atoms with E-state index in [1.165, 1.54) is 0 Å². The predicted molar refractivity (Wildman–Crippen MR) is 138 cm³/mol. The Morgan fingerprint density at radius 3 is 2.41 bits per heavy atom. The van der Waals surface area contributed by atoms with E-state index in [-0.39, 0.29) is 35.7 Å². The lowest BCUT2D eigenvalue weighted by molar-refractivity contribution is -0.138. The zero-order valence-electron chi connectivity index (χ0n) is 21.6. The highest BCUT2D eigenvalue weighted by molar-refractivity contribution is 6.31. The minimum Gasteiger partial charge on any atom is -0.481 e. The number of carboxylic acid groups (broad SMARTS) is 1. The number of carbonyl (C=O) groups is 2. The molecule has 0 unspecified atom stereocenters. The van der Waals surface area contributed by atoms with Crippen LogP contribution in [0.15, 0.2) is 30.0 Å². The van der Waals surface area contributed by atoms with Crippen LogP contribution in [0.25, 0.3) is 0 Å². The number of halogens is 1. The molecule has 0 radical (unpaired) electrons. The number of carboxylic acids is 1. The van der Waals surface area contributed by atoms with Gasteiger partial charge >= 0.3 is 12.0 Å². The molecule has 1 saturated carbocycles. The molecule has 6 heteroatoms. The normalized spacial score (nSPS) is 25.8. The first-order valence-electron chi connectivity index (χ1n) is 12.6. The van der Waals surface area contributed by atoms with Crippen LogP contribution in [-0.2, 0) is 16.8 Å². The van der Waals surface area contributed by atoms with Crippen molar-refractivity contribution in [3.63, 3.8) is 0 Å². The van der Waals surface area contributed by atoms with Gasteiger partial charge in [-0.25, -0.2) is 4.79 Å². The number of hydrogen-bond acceptors (Lipinski definition) is 2. The Hall–Kier alpha value is -2.01. The summed E-state index contributed by atoms with van der Waals surface area (Å²) in [6.45, 7) is 13.1. The summed E-state index contributed by atoms with van der Waals surface area (Å²) >= 11 is 6.72. The quantitative estimate of drug-likeness (QED) is 0.428. The van der Waals surface area contributed by atoms with Crippen LogP contribution in [0, 0.1) is 17.3 Å². The Kier molecular flexibility index (Phi) is 8.07. The second kappa shape index (κ2) is 10.3. The van der Waals surface area contributed by atoms with Gasteiger partial charge in [-0.3, -0.25) is 9.69 Å². The molecule has 3 rings (SSSR count). The maximum absolute atomic E-state index is 13.3. The third kappa shape index (κ3) is 6.16. The topological polar surface area (TPSA) is 69.6 Å². The van der Waals surface area contributed by atoms with Crippen molar-refractivity contribution in [3.05, 3.63) is 46.1 Å². The second-order valence-electron chi connectivity index (χ2n) is 11.8. The summed E-state index contributed by atoms with van der Waals surface area (Å²) in [4.78, 5) is 26.2. The Balaban J connectivity index is 1.83. The van der Waals surface area contributed by atoms with Gasteiger partial charge in [-0.05, 0) is 85.5 Å². The number of aliphatic carboxylic acids is 1. The zero-order chi connectivity index (χ0) is 25.3. The largest absolute Gasteiger partial charge is 0.481 e. The Morgan fingerprint density at radius 2 is 1.88 bits per heavy atom. The number of nitrogens with zero attached hydrogens (tertiary/aromatic N) is 1. The lowest BCUT2D eigenvalue weighted by atomic mass is 9.77. The SMILES string of the molecule is CC(C)C1=CN(C2CCC(CC(=O)O)CC2)C(=O)N[C@@]1(C)c1ccc(CCC(C)(C)C)c(Cl)c1. The lowest BCUT2D eigenvalue weighted by Crippen LogP contribution is -2.57. The smallest absolute Gasteiger partial charge is 0.322 e. The molecule has 0 saturated heterocycles. The second-order valence-corrected chi connectivity index (χ2v) is 12.2. The molecular formula is C28H41ClN2O3. The molecule has 1 fully saturated rings. The molecule has 1 heterocycles. The molecule has 0 spiro atoms. The van der Waals surface area contributed by atoms with E-state index >= 15 is 0 Å². The third-order valence-electron chi connectivity index (χ3n) is 7.52. The summed E-state index contributed by atoms with van der Waals surface area (Å²) in [6, 6.07) is 6.23. The number of carbonyl (C=O) groups excluding carboxylic acids is 1. The average Bonchev–Trinajstić information content (AvgIpc) is 2.72. The molecule has 188 valence electrons. The van der Waals surface area contributed by atoms with Crippen LogP contribution in [0.4, 0.5) is 4.79 Å². The van der Waals surface area contributed by atoms with Crippen molar-refractivity contribution in [2.45, 2.75) is 98.1 Å². The fourth-order valence-electron chi connectivity index (χ4n) is 5.37. The van der Waals surface area contributed by atoms with Gasteiger partial charge in [-0.2, -0.15) is 0 Å². The van der Waals surface area contributed by atoms with Gasteiger partial charge < -0.3 is 10.4 Å². The summed E-state index contributed by atoms with van der Waals surface area (Å²) in [5.41, 5.74) is 2.90. The minimum absolute atomic E-state index is 0.0958. The van der Waals surface area contributed by atoms with Crippen molar-refractivity contribution in [3.8, 4) is 0 Å². The van der Waals surface area contributed by atoms with Crippen LogP contribution in [-0.4, -0.2) is 28.0 Å². The monoisotopic (exact) mass is 488 g/mol. The minimum atomic E-state index is -0.736. The Morgan fingerprint density at radius 1 is 1.24 bits per heavy atom. The van der Waals surface area contributed by atoms with Gasteiger partial charge in [0.2, 0.25) is 0 Å². The predicted octanol–water partition coefficient (Wildman–Crippen LogP) is 7.13. The van der Waals surface area contributed by atoms with Gasteiger partial charge in [0.25, 0.3) is 0 Å². The standard InChI is InChI=1S/C28H41ClN2O3/c1-18(2)23-17-31(22-11-7-19(8-12-22)15-25(32)33)26(34)30-28(23,6)21-10-9-20(24(29)16-21)13-14-27(3,4)5/h9-10,16-19,22H,7-8,11-15H2,1-6H3,(H,30,34)(H,32,33)/t19?,22?,28-/m0/s1. The van der Waals surface area contributed by atoms with E-state index in [1.54, 1.807) is 0 Å². The first-order valence-corrected chi connectivity index (χ1v) is 13.0. The number of hydrogen-bond donors (Lipinski definition) is 2. The molecule has 5 nitrogen and oxygen atoms in total. The van der Waals surface area contributed by atoms with E-state index in [0.29, 0.717) is 0 Å². The van der Waals surface area contributed by atoms with Crippen LogP contribution in [0.2, 0.25) is 5.02 Å². The van der Waals surface area contributed by atoms with E-state index in [4.69, 9.17) is 16.7 Å². The molecule has 2 aliphatic rings. The molecule has 2 amide bonds. The molecule has 0 bridgehead atoms. The highest BCUT2D eigenvalue weighted by atomic mass is 35.5. The molecule has 1 aliphatic heterocycles. The van der Waals surface area contributed by atoms with Crippen molar-refractivity contribution < 1.29 is 14.7 Å². The first-order chi connectivity index (χ1) is 15.8. The van der Waals surface area contributed by atoms with Crippen LogP contribution in [0.1, 0.15) is 91.2 Å². The van der Waals surface area contributed by atoms with E-state index < -0.39 is 11.5 Å². The third-order valence-corrected chi connectivity index (χ3v) is 7.87. The van der Waals surface area contributed by atoms with Crippen LogP contribution in [0.3, 0.4) is 0 Å². The van der Waals surface area contributed by atoms with Crippen LogP contribution in [0.5, 0.6) is 0 Å². The number of benzene rings is 1. The van der Waals surface area contributed by atoms with Gasteiger partial charge in [0.15, 0.2) is 0 Å². The number of aryl methyl sites for hydroxylation is 1. The van der Waals surface area contributed by atoms with Gasteiger partial charge in [0.05, 0.1) is 5.54 Å². The van der Waals surface area contributed by atoms with E-state index in [9.17, 15) is 9.59 Å². The van der Waals surface area contributed by atoms with Gasteiger partial charge in [0.1, 0.15) is 0 Å². The van der Waals surface area contributed by atoms with Gasteiger partial charge in [-0.15, -0.1) is 0 Å². The molecule has 34 heavy (non-hydrogen) atoms. The summed E-state index contributed by atoms with van der Waals surface area (Å²) in [7, 11) is 0. The molecule has 2 N–H and O–H groups in total. The van der Waals surface area contributed by atoms with Crippen LogP contribution >= 0.6 is 11.6 Å². The summed E-state index contributed by atoms with van der Waals surface area (Å²) in [5.74, 6) is -0.296. The molecule has 0 aromatic heterocycles. The highest BCUT2D eigenvalue weighted by Crippen LogP contribution is 2.40. The number of rotatable bonds is 7. The highest BCUT2D eigenvalue weighted by Gasteiger charge is 2.42. The fourth-order valence-corrected chi connectivity index (χ4v) is 5.64. The van der Waals surface area contributed by atoms with Crippen molar-refractivity contribution in [2.24, 2.45) is 17.3 Å². The molecule has 1 aromatic rings. The van der Waals surface area contributed by atoms with Crippen molar-refractivity contribution in [1.82, 2.24) is 10.2 Å².